The van der Waals surface area contributed by atoms with Crippen LogP contribution in [0, 0.1) is 29.6 Å². The van der Waals surface area contributed by atoms with Gasteiger partial charge in [0.1, 0.15) is 5.78 Å². The average Bonchev–Trinajstić information content (AvgIpc) is 4.06. The summed E-state index contributed by atoms with van der Waals surface area (Å²) in [6.45, 7) is 3.43. The third-order valence-corrected chi connectivity index (χ3v) is 17.5. The van der Waals surface area contributed by atoms with Crippen molar-refractivity contribution in [2.24, 2.45) is 52.5 Å². The van der Waals surface area contributed by atoms with Crippen molar-refractivity contribution in [3.05, 3.63) is 0 Å². The van der Waals surface area contributed by atoms with E-state index in [-0.39, 0.29) is 71.5 Å². The summed E-state index contributed by atoms with van der Waals surface area (Å²) in [6, 6.07) is -2.66. The molecule has 4 aliphatic carbocycles. The minimum Gasteiger partial charge on any atom is -0.356 e. The number of nitrogens with one attached hydrogen (secondary N) is 5. The van der Waals surface area contributed by atoms with Crippen LogP contribution in [-0.2, 0) is 28.8 Å². The highest BCUT2D eigenvalue weighted by Crippen LogP contribution is 2.31. The molecule has 0 heterocycles. The van der Waals surface area contributed by atoms with Crippen LogP contribution in [0.4, 0.5) is 0 Å². The standard InChI is InChI=1S/C60H111N9O6/c1-44(70)65-43-38-53(71)54(59(66-49(34-18-22-39-61)55(72)45-26-10-2-3-11-27-45)67-50(35-19-23-40-62)56(73)46-28-12-4-5-13-29-46)60(68-51(36-20-24-41-63)57(74)47-30-14-6-7-15-31-47)69-52(37-21-25-42-64)58(75)48-32-16-8-9-17-33-48/h45-52,54,59-60,66-69H,2-43,61-64H2,1H3,(H,65,70)/t49-,50-,51-,52-/m0/s1. The summed E-state index contributed by atoms with van der Waals surface area (Å²) in [5.74, 6) is -1.61. The lowest BCUT2D eigenvalue weighted by Gasteiger charge is -2.42. The van der Waals surface area contributed by atoms with E-state index in [9.17, 15) is 4.79 Å². The Morgan fingerprint density at radius 3 is 0.827 bits per heavy atom. The van der Waals surface area contributed by atoms with E-state index in [2.05, 4.69) is 26.6 Å². The van der Waals surface area contributed by atoms with Crippen molar-refractivity contribution in [3.8, 4) is 0 Å². The first-order valence-corrected chi connectivity index (χ1v) is 31.3. The summed E-state index contributed by atoms with van der Waals surface area (Å²) in [6.07, 6.45) is 28.7. The van der Waals surface area contributed by atoms with E-state index in [4.69, 9.17) is 22.9 Å². The third-order valence-electron chi connectivity index (χ3n) is 17.5. The minimum absolute atomic E-state index is 0.0460. The van der Waals surface area contributed by atoms with Crippen LogP contribution in [0.1, 0.15) is 244 Å². The van der Waals surface area contributed by atoms with E-state index < -0.39 is 42.4 Å². The van der Waals surface area contributed by atoms with Gasteiger partial charge in [-0.05, 0) is 129 Å². The van der Waals surface area contributed by atoms with Crippen molar-refractivity contribution in [1.29, 1.82) is 0 Å². The molecular weight excluding hydrogens is 943 g/mol. The molecule has 75 heavy (non-hydrogen) atoms. The second-order valence-electron chi connectivity index (χ2n) is 23.6. The fourth-order valence-electron chi connectivity index (χ4n) is 13.1. The maximum atomic E-state index is 15.9. The van der Waals surface area contributed by atoms with Gasteiger partial charge in [0.15, 0.2) is 23.1 Å². The van der Waals surface area contributed by atoms with Crippen LogP contribution < -0.4 is 49.5 Å². The van der Waals surface area contributed by atoms with Crippen LogP contribution in [0.3, 0.4) is 0 Å². The molecule has 1 amide bonds. The van der Waals surface area contributed by atoms with Crippen LogP contribution in [0.25, 0.3) is 0 Å². The molecule has 0 spiro atoms. The SMILES string of the molecule is CC(=O)NCCC(=O)C(C(N[C@@H](CCCCN)C(=O)C1CCCCCC1)N[C@@H](CCCCN)C(=O)C1CCCCCC1)C(N[C@@H](CCCCN)C(=O)C1CCCCCC1)N[C@@H](CCCCN)C(=O)C1CCCCCC1. The van der Waals surface area contributed by atoms with Crippen molar-refractivity contribution in [3.63, 3.8) is 0 Å². The number of hydrogen-bond acceptors (Lipinski definition) is 14. The lowest BCUT2D eigenvalue weighted by atomic mass is 9.84. The molecular formula is C60H111N9O6. The monoisotopic (exact) mass is 1050 g/mol. The van der Waals surface area contributed by atoms with Gasteiger partial charge in [0.2, 0.25) is 5.91 Å². The summed E-state index contributed by atoms with van der Waals surface area (Å²) < 4.78 is 0. The smallest absolute Gasteiger partial charge is 0.216 e. The number of rotatable bonds is 38. The Hall–Kier alpha value is -2.50. The predicted molar refractivity (Wildman–Crippen MR) is 303 cm³/mol. The Morgan fingerprint density at radius 2 is 0.613 bits per heavy atom. The van der Waals surface area contributed by atoms with Crippen LogP contribution in [0.5, 0.6) is 0 Å². The van der Waals surface area contributed by atoms with Gasteiger partial charge in [-0.1, -0.05) is 128 Å². The Morgan fingerprint density at radius 1 is 0.373 bits per heavy atom. The Bertz CT molecular complexity index is 1410. The van der Waals surface area contributed by atoms with Crippen molar-refractivity contribution < 1.29 is 28.8 Å². The van der Waals surface area contributed by atoms with E-state index in [1.165, 1.54) is 6.92 Å². The summed E-state index contributed by atoms with van der Waals surface area (Å²) in [5, 5.41) is 18.3. The highest BCUT2D eigenvalue weighted by Gasteiger charge is 2.44. The maximum absolute atomic E-state index is 15.9. The number of carbonyl (C=O) groups is 6. The molecule has 0 saturated heterocycles. The minimum atomic E-state index is -1.06. The molecule has 0 unspecified atom stereocenters. The molecule has 15 nitrogen and oxygen atoms in total. The average molecular weight is 1050 g/mol. The molecule has 0 aromatic carbocycles. The Labute approximate surface area is 454 Å². The molecule has 4 aliphatic rings. The Kier molecular flexibility index (Phi) is 33.8. The van der Waals surface area contributed by atoms with Gasteiger partial charge in [0.25, 0.3) is 0 Å². The van der Waals surface area contributed by atoms with Gasteiger partial charge in [-0.15, -0.1) is 0 Å². The number of nitrogens with two attached hydrogens (primary N) is 4. The van der Waals surface area contributed by atoms with Crippen molar-refractivity contribution >= 4 is 34.8 Å². The van der Waals surface area contributed by atoms with Gasteiger partial charge in [-0.2, -0.15) is 0 Å². The molecule has 13 N–H and O–H groups in total. The van der Waals surface area contributed by atoms with Gasteiger partial charge >= 0.3 is 0 Å². The molecule has 4 atom stereocenters. The quantitative estimate of drug-likeness (QED) is 0.0162. The van der Waals surface area contributed by atoms with Crippen LogP contribution >= 0.6 is 0 Å². The number of ketones is 5. The fraction of sp³-hybridized carbons (Fsp3) is 0.900. The second kappa shape index (κ2) is 39.0. The van der Waals surface area contributed by atoms with E-state index in [1.54, 1.807) is 0 Å². The summed E-state index contributed by atoms with van der Waals surface area (Å²) in [7, 11) is 0. The summed E-state index contributed by atoms with van der Waals surface area (Å²) in [4.78, 5) is 89.5. The molecule has 4 rings (SSSR count). The van der Waals surface area contributed by atoms with Gasteiger partial charge in [0.05, 0.1) is 42.4 Å². The van der Waals surface area contributed by atoms with Crippen molar-refractivity contribution in [1.82, 2.24) is 26.6 Å². The number of hydrogen-bond donors (Lipinski definition) is 9. The van der Waals surface area contributed by atoms with Gasteiger partial charge in [-0.25, -0.2) is 0 Å². The van der Waals surface area contributed by atoms with Crippen LogP contribution in [-0.4, -0.2) is 104 Å². The molecule has 0 aromatic rings. The molecule has 0 aromatic heterocycles. The van der Waals surface area contributed by atoms with Crippen LogP contribution in [0.15, 0.2) is 0 Å². The predicted octanol–water partition coefficient (Wildman–Crippen LogP) is 7.86. The molecule has 15 heteroatoms. The molecule has 4 fully saturated rings. The van der Waals surface area contributed by atoms with E-state index in [0.29, 0.717) is 77.5 Å². The number of Topliss-reactive ketones (excluding diaryl/α,β-unsaturated/α-hetero) is 5. The highest BCUT2D eigenvalue weighted by molar-refractivity contribution is 5.90. The largest absolute Gasteiger partial charge is 0.356 e. The summed E-state index contributed by atoms with van der Waals surface area (Å²) >= 11 is 0. The van der Waals surface area contributed by atoms with Crippen molar-refractivity contribution in [2.45, 2.75) is 281 Å². The zero-order valence-electron chi connectivity index (χ0n) is 47.3. The fourth-order valence-corrected chi connectivity index (χ4v) is 13.1. The van der Waals surface area contributed by atoms with Crippen molar-refractivity contribution in [2.75, 3.05) is 32.7 Å². The zero-order chi connectivity index (χ0) is 54.0. The first-order chi connectivity index (χ1) is 36.5. The molecule has 0 bridgehead atoms. The topological polar surface area (TPSA) is 267 Å². The summed E-state index contributed by atoms with van der Waals surface area (Å²) in [5.41, 5.74) is 24.5. The van der Waals surface area contributed by atoms with Gasteiger partial charge < -0.3 is 28.3 Å². The number of carbonyl (C=O) groups excluding carboxylic acids is 6. The first-order valence-electron chi connectivity index (χ1n) is 31.3. The van der Waals surface area contributed by atoms with E-state index in [0.717, 1.165) is 180 Å². The first kappa shape index (κ1) is 65.0. The lowest BCUT2D eigenvalue weighted by molar-refractivity contribution is -0.132. The molecule has 432 valence electrons. The number of amides is 1. The van der Waals surface area contributed by atoms with Gasteiger partial charge in [0, 0.05) is 43.6 Å². The highest BCUT2D eigenvalue weighted by atomic mass is 16.2. The molecule has 4 saturated carbocycles. The number of unbranched alkanes of at least 4 members (excludes halogenated alkanes) is 4. The molecule has 0 radical (unpaired) electrons. The second-order valence-corrected chi connectivity index (χ2v) is 23.6. The Balaban J connectivity index is 2.02. The normalized spacial score (nSPS) is 19.9. The lowest BCUT2D eigenvalue weighted by Crippen LogP contribution is -2.69. The van der Waals surface area contributed by atoms with E-state index in [1.807, 2.05) is 0 Å². The van der Waals surface area contributed by atoms with Crippen LogP contribution in [0.2, 0.25) is 0 Å². The zero-order valence-corrected chi connectivity index (χ0v) is 47.3. The maximum Gasteiger partial charge on any atom is 0.216 e. The molecule has 0 aliphatic heterocycles. The van der Waals surface area contributed by atoms with Gasteiger partial charge in [-0.3, -0.25) is 50.0 Å². The van der Waals surface area contributed by atoms with E-state index >= 15 is 24.0 Å². The third kappa shape index (κ3) is 24.2.